The number of carbonyl (C=O) groups is 2. The molecule has 5 heteroatoms. The van der Waals surface area contributed by atoms with Crippen LogP contribution in [-0.2, 0) is 11.3 Å². The maximum Gasteiger partial charge on any atom is 0.321 e. The van der Waals surface area contributed by atoms with E-state index in [0.717, 1.165) is 5.56 Å². The number of rotatable bonds is 8. The zero-order chi connectivity index (χ0) is 16.7. The molecule has 2 aromatic carbocycles. The fraction of sp³-hybridized carbons (Fsp3) is 0.222. The number of methoxy groups -OCH3 is 1. The molecule has 0 saturated heterocycles. The summed E-state index contributed by atoms with van der Waals surface area (Å²) in [6.07, 6.45) is -0.103. The number of hydrogen-bond acceptors (Lipinski definition) is 4. The Balaban J connectivity index is 1.97. The van der Waals surface area contributed by atoms with Crippen LogP contribution < -0.4 is 10.1 Å². The molecule has 2 rings (SSSR count). The molecule has 0 bridgehead atoms. The van der Waals surface area contributed by atoms with Crippen LogP contribution in [-0.4, -0.2) is 30.0 Å². The van der Waals surface area contributed by atoms with E-state index in [-0.39, 0.29) is 12.2 Å². The third-order valence-electron chi connectivity index (χ3n) is 3.50. The predicted octanol–water partition coefficient (Wildman–Crippen LogP) is 2.51. The molecule has 0 saturated carbocycles. The summed E-state index contributed by atoms with van der Waals surface area (Å²) < 4.78 is 5.04. The van der Waals surface area contributed by atoms with E-state index in [1.165, 1.54) is 0 Å². The molecule has 1 atom stereocenters. The molecule has 0 aliphatic heterocycles. The van der Waals surface area contributed by atoms with E-state index in [4.69, 9.17) is 4.74 Å². The van der Waals surface area contributed by atoms with Crippen molar-refractivity contribution in [2.75, 3.05) is 7.11 Å². The monoisotopic (exact) mass is 313 g/mol. The second-order valence-electron chi connectivity index (χ2n) is 5.11. The van der Waals surface area contributed by atoms with Crippen LogP contribution in [0.5, 0.6) is 5.75 Å². The molecule has 0 amide bonds. The number of ketones is 1. The molecule has 2 N–H and O–H groups in total. The SMILES string of the molecule is COc1ccc(C(=O)CC(NCc2ccccc2)C(=O)O)cc1. The number of hydrogen-bond donors (Lipinski definition) is 2. The van der Waals surface area contributed by atoms with Crippen LogP contribution in [0.3, 0.4) is 0 Å². The van der Waals surface area contributed by atoms with Crippen molar-refractivity contribution in [1.82, 2.24) is 5.32 Å². The summed E-state index contributed by atoms with van der Waals surface area (Å²) in [6, 6.07) is 15.2. The van der Waals surface area contributed by atoms with Gasteiger partial charge in [0.25, 0.3) is 0 Å². The first kappa shape index (κ1) is 16.7. The van der Waals surface area contributed by atoms with Gasteiger partial charge in [-0.1, -0.05) is 30.3 Å². The van der Waals surface area contributed by atoms with Crippen molar-refractivity contribution in [2.24, 2.45) is 0 Å². The smallest absolute Gasteiger partial charge is 0.321 e. The number of carbonyl (C=O) groups excluding carboxylic acids is 1. The van der Waals surface area contributed by atoms with Gasteiger partial charge in [0, 0.05) is 18.5 Å². The van der Waals surface area contributed by atoms with Gasteiger partial charge in [0.2, 0.25) is 0 Å². The fourth-order valence-electron chi connectivity index (χ4n) is 2.16. The summed E-state index contributed by atoms with van der Waals surface area (Å²) >= 11 is 0. The van der Waals surface area contributed by atoms with Crippen molar-refractivity contribution in [1.29, 1.82) is 0 Å². The molecular weight excluding hydrogens is 294 g/mol. The van der Waals surface area contributed by atoms with Crippen molar-refractivity contribution in [3.05, 3.63) is 65.7 Å². The van der Waals surface area contributed by atoms with Gasteiger partial charge in [-0.15, -0.1) is 0 Å². The first-order valence-electron chi connectivity index (χ1n) is 7.27. The lowest BCUT2D eigenvalue weighted by molar-refractivity contribution is -0.139. The molecule has 0 fully saturated rings. The van der Waals surface area contributed by atoms with E-state index in [0.29, 0.717) is 17.9 Å². The zero-order valence-corrected chi connectivity index (χ0v) is 12.9. The minimum atomic E-state index is -1.04. The van der Waals surface area contributed by atoms with Crippen LogP contribution in [0.2, 0.25) is 0 Å². The lowest BCUT2D eigenvalue weighted by atomic mass is 10.0. The summed E-state index contributed by atoms with van der Waals surface area (Å²) in [6.45, 7) is 0.397. The number of Topliss-reactive ketones (excluding diaryl/α,β-unsaturated/α-hetero) is 1. The van der Waals surface area contributed by atoms with Crippen LogP contribution in [0.4, 0.5) is 0 Å². The lowest BCUT2D eigenvalue weighted by Gasteiger charge is -2.14. The van der Waals surface area contributed by atoms with E-state index in [2.05, 4.69) is 5.32 Å². The largest absolute Gasteiger partial charge is 0.497 e. The standard InChI is InChI=1S/C18H19NO4/c1-23-15-9-7-14(8-10-15)17(20)11-16(18(21)22)19-12-13-5-3-2-4-6-13/h2-10,16,19H,11-12H2,1H3,(H,21,22). The third-order valence-corrected chi connectivity index (χ3v) is 3.50. The molecule has 2 aromatic rings. The van der Waals surface area contributed by atoms with Crippen LogP contribution in [0.15, 0.2) is 54.6 Å². The Morgan fingerprint density at radius 1 is 1.09 bits per heavy atom. The summed E-state index contributed by atoms with van der Waals surface area (Å²) in [5, 5.41) is 12.2. The summed E-state index contributed by atoms with van der Waals surface area (Å²) in [5.41, 5.74) is 1.44. The maximum atomic E-state index is 12.2. The normalized spacial score (nSPS) is 11.7. The molecule has 1 unspecified atom stereocenters. The summed E-state index contributed by atoms with van der Waals surface area (Å²) in [7, 11) is 1.55. The molecular formula is C18H19NO4. The van der Waals surface area contributed by atoms with Crippen LogP contribution >= 0.6 is 0 Å². The topological polar surface area (TPSA) is 75.6 Å². The van der Waals surface area contributed by atoms with Gasteiger partial charge in [-0.2, -0.15) is 0 Å². The van der Waals surface area contributed by atoms with Crippen LogP contribution in [0.25, 0.3) is 0 Å². The number of carboxylic acid groups (broad SMARTS) is 1. The van der Waals surface area contributed by atoms with Crippen LogP contribution in [0.1, 0.15) is 22.3 Å². The predicted molar refractivity (Wildman–Crippen MR) is 86.6 cm³/mol. The second-order valence-corrected chi connectivity index (χ2v) is 5.11. The van der Waals surface area contributed by atoms with Crippen molar-refractivity contribution in [2.45, 2.75) is 19.0 Å². The molecule has 0 radical (unpaired) electrons. The molecule has 0 aliphatic rings. The van der Waals surface area contributed by atoms with E-state index in [1.54, 1.807) is 31.4 Å². The highest BCUT2D eigenvalue weighted by molar-refractivity contribution is 5.98. The van der Waals surface area contributed by atoms with Gasteiger partial charge < -0.3 is 9.84 Å². The Morgan fingerprint density at radius 3 is 2.30 bits per heavy atom. The lowest BCUT2D eigenvalue weighted by Crippen LogP contribution is -2.38. The van der Waals surface area contributed by atoms with Crippen molar-refractivity contribution in [3.8, 4) is 5.75 Å². The van der Waals surface area contributed by atoms with Crippen LogP contribution in [0, 0.1) is 0 Å². The number of benzene rings is 2. The van der Waals surface area contributed by atoms with Gasteiger partial charge in [-0.05, 0) is 29.8 Å². The summed E-state index contributed by atoms with van der Waals surface area (Å²) in [5.74, 6) is -0.609. The maximum absolute atomic E-state index is 12.2. The van der Waals surface area contributed by atoms with Crippen molar-refractivity contribution in [3.63, 3.8) is 0 Å². The zero-order valence-electron chi connectivity index (χ0n) is 12.9. The highest BCUT2D eigenvalue weighted by Gasteiger charge is 2.21. The average Bonchev–Trinajstić information content (AvgIpc) is 2.59. The van der Waals surface area contributed by atoms with Crippen molar-refractivity contribution >= 4 is 11.8 Å². The first-order valence-corrected chi connectivity index (χ1v) is 7.27. The number of nitrogens with one attached hydrogen (secondary N) is 1. The molecule has 23 heavy (non-hydrogen) atoms. The first-order chi connectivity index (χ1) is 11.1. The Morgan fingerprint density at radius 2 is 1.74 bits per heavy atom. The Kier molecular flexibility index (Phi) is 5.88. The van der Waals surface area contributed by atoms with E-state index in [9.17, 15) is 14.7 Å². The highest BCUT2D eigenvalue weighted by atomic mass is 16.5. The Labute approximate surface area is 134 Å². The second kappa shape index (κ2) is 8.10. The molecule has 120 valence electrons. The molecule has 0 aromatic heterocycles. The van der Waals surface area contributed by atoms with Gasteiger partial charge >= 0.3 is 5.97 Å². The average molecular weight is 313 g/mol. The number of ether oxygens (including phenoxy) is 1. The minimum absolute atomic E-state index is 0.103. The summed E-state index contributed by atoms with van der Waals surface area (Å²) in [4.78, 5) is 23.6. The molecule has 0 heterocycles. The minimum Gasteiger partial charge on any atom is -0.497 e. The van der Waals surface area contributed by atoms with Gasteiger partial charge in [0.1, 0.15) is 11.8 Å². The van der Waals surface area contributed by atoms with E-state index in [1.807, 2.05) is 30.3 Å². The Hall–Kier alpha value is -2.66. The van der Waals surface area contributed by atoms with E-state index >= 15 is 0 Å². The van der Waals surface area contributed by atoms with Gasteiger partial charge in [0.15, 0.2) is 5.78 Å². The quantitative estimate of drug-likeness (QED) is 0.732. The molecule has 0 aliphatic carbocycles. The number of carboxylic acids is 1. The Bertz CT molecular complexity index is 652. The van der Waals surface area contributed by atoms with Gasteiger partial charge in [-0.25, -0.2) is 0 Å². The van der Waals surface area contributed by atoms with Gasteiger partial charge in [0.05, 0.1) is 7.11 Å². The molecule has 5 nitrogen and oxygen atoms in total. The molecule has 0 spiro atoms. The van der Waals surface area contributed by atoms with E-state index < -0.39 is 12.0 Å². The van der Waals surface area contributed by atoms with Gasteiger partial charge in [-0.3, -0.25) is 14.9 Å². The highest BCUT2D eigenvalue weighted by Crippen LogP contribution is 2.13. The number of aliphatic carboxylic acids is 1. The third kappa shape index (κ3) is 4.93. The fourth-order valence-corrected chi connectivity index (χ4v) is 2.16. The van der Waals surface area contributed by atoms with Crippen molar-refractivity contribution < 1.29 is 19.4 Å².